The van der Waals surface area contributed by atoms with Gasteiger partial charge in [-0.05, 0) is 46.9 Å². The molecule has 0 fully saturated rings. The Morgan fingerprint density at radius 3 is 2.00 bits per heavy atom. The molecule has 4 N–H and O–H groups in total. The molecule has 1 aliphatic carbocycles. The van der Waals surface area contributed by atoms with Gasteiger partial charge in [0.2, 0.25) is 0 Å². The van der Waals surface area contributed by atoms with Gasteiger partial charge in [-0.25, -0.2) is 9.59 Å². The van der Waals surface area contributed by atoms with Crippen molar-refractivity contribution in [3.8, 4) is 11.1 Å². The van der Waals surface area contributed by atoms with E-state index in [1.54, 1.807) is 19.1 Å². The molecule has 1 atom stereocenters. The highest BCUT2D eigenvalue weighted by atomic mass is 32.2. The van der Waals surface area contributed by atoms with Crippen molar-refractivity contribution in [3.63, 3.8) is 0 Å². The summed E-state index contributed by atoms with van der Waals surface area (Å²) in [6, 6.07) is 20.6. The third-order valence-electron chi connectivity index (χ3n) is 5.40. The van der Waals surface area contributed by atoms with E-state index in [9.17, 15) is 18.0 Å². The lowest BCUT2D eigenvalue weighted by Gasteiger charge is -2.16. The Bertz CT molecular complexity index is 1280. The summed E-state index contributed by atoms with van der Waals surface area (Å²) < 4.78 is 34.9. The van der Waals surface area contributed by atoms with E-state index in [4.69, 9.17) is 19.5 Å². The average Bonchev–Trinajstić information content (AvgIpc) is 3.14. The number of amides is 1. The number of aliphatic hydroxyl groups excluding tert-OH is 1. The van der Waals surface area contributed by atoms with Crippen LogP contribution in [0.25, 0.3) is 11.1 Å². The van der Waals surface area contributed by atoms with Crippen LogP contribution in [-0.2, 0) is 19.6 Å². The van der Waals surface area contributed by atoms with Gasteiger partial charge in [-0.3, -0.25) is 4.55 Å². The lowest BCUT2D eigenvalue weighted by atomic mass is 9.98. The maximum Gasteiger partial charge on any atom is 0.407 e. The second-order valence-electron chi connectivity index (χ2n) is 7.83. The molecule has 35 heavy (non-hydrogen) atoms. The van der Waals surface area contributed by atoms with Crippen LogP contribution in [0.3, 0.4) is 0 Å². The molecule has 0 radical (unpaired) electrons. The van der Waals surface area contributed by atoms with Gasteiger partial charge in [0.25, 0.3) is 10.1 Å². The maximum atomic E-state index is 11.8. The summed E-state index contributed by atoms with van der Waals surface area (Å²) in [5.74, 6) is -1.41. The molecule has 0 bridgehead atoms. The molecular formula is C25H25NO8S. The number of rotatable bonds is 6. The summed E-state index contributed by atoms with van der Waals surface area (Å²) in [6.45, 7) is 1.16. The summed E-state index contributed by atoms with van der Waals surface area (Å²) in [4.78, 5) is 22.6. The minimum atomic E-state index is -4.03. The highest BCUT2D eigenvalue weighted by molar-refractivity contribution is 7.85. The Kier molecular flexibility index (Phi) is 8.23. The van der Waals surface area contributed by atoms with E-state index >= 15 is 0 Å². The van der Waals surface area contributed by atoms with Crippen LogP contribution < -0.4 is 5.32 Å². The van der Waals surface area contributed by atoms with Crippen LogP contribution in [0, 0.1) is 6.92 Å². The molecule has 3 aromatic carbocycles. The predicted molar refractivity (Wildman–Crippen MR) is 128 cm³/mol. The zero-order chi connectivity index (χ0) is 25.6. The van der Waals surface area contributed by atoms with Crippen LogP contribution in [0.4, 0.5) is 4.79 Å². The fourth-order valence-corrected chi connectivity index (χ4v) is 4.33. The Morgan fingerprint density at radius 1 is 0.971 bits per heavy atom. The number of aryl methyl sites for hydroxylation is 1. The largest absolute Gasteiger partial charge is 0.480 e. The van der Waals surface area contributed by atoms with Crippen molar-refractivity contribution >= 4 is 22.2 Å². The van der Waals surface area contributed by atoms with E-state index < -0.39 is 34.8 Å². The predicted octanol–water partition coefficient (Wildman–Crippen LogP) is 3.21. The normalized spacial score (nSPS) is 13.0. The third kappa shape index (κ3) is 6.44. The molecule has 0 unspecified atom stereocenters. The van der Waals surface area contributed by atoms with Crippen molar-refractivity contribution in [1.29, 1.82) is 0 Å². The van der Waals surface area contributed by atoms with Crippen LogP contribution in [0.5, 0.6) is 0 Å². The first kappa shape index (κ1) is 25.9. The van der Waals surface area contributed by atoms with Crippen LogP contribution in [0.2, 0.25) is 0 Å². The van der Waals surface area contributed by atoms with E-state index in [2.05, 4.69) is 5.32 Å². The summed E-state index contributed by atoms with van der Waals surface area (Å²) in [6.07, 6.45) is -0.863. The number of carboxylic acid groups (broad SMARTS) is 1. The number of ether oxygens (including phenoxy) is 1. The van der Waals surface area contributed by atoms with Crippen LogP contribution in [0.1, 0.15) is 22.6 Å². The van der Waals surface area contributed by atoms with Gasteiger partial charge >= 0.3 is 12.1 Å². The molecule has 0 aliphatic heterocycles. The topological polar surface area (TPSA) is 150 Å². The van der Waals surface area contributed by atoms with Crippen molar-refractivity contribution < 1.29 is 37.5 Å². The number of nitrogens with one attached hydrogen (secondary N) is 1. The molecule has 1 aliphatic rings. The monoisotopic (exact) mass is 499 g/mol. The van der Waals surface area contributed by atoms with Gasteiger partial charge in [-0.15, -0.1) is 0 Å². The molecule has 4 rings (SSSR count). The van der Waals surface area contributed by atoms with Gasteiger partial charge in [0, 0.05) is 5.92 Å². The summed E-state index contributed by atoms with van der Waals surface area (Å²) in [5.41, 5.74) is 5.17. The number of hydrogen-bond acceptors (Lipinski definition) is 6. The molecule has 9 nitrogen and oxygen atoms in total. The number of carbonyl (C=O) groups excluding carboxylic acids is 1. The fourth-order valence-electron chi connectivity index (χ4n) is 3.74. The number of aliphatic carboxylic acids is 1. The highest BCUT2D eigenvalue weighted by Crippen LogP contribution is 2.44. The molecule has 10 heteroatoms. The lowest BCUT2D eigenvalue weighted by molar-refractivity contribution is -0.140. The zero-order valence-electron chi connectivity index (χ0n) is 18.8. The van der Waals surface area contributed by atoms with E-state index in [0.717, 1.165) is 27.8 Å². The molecule has 0 saturated heterocycles. The zero-order valence-corrected chi connectivity index (χ0v) is 19.6. The molecule has 184 valence electrons. The Morgan fingerprint density at radius 2 is 1.54 bits per heavy atom. The van der Waals surface area contributed by atoms with Crippen molar-refractivity contribution in [2.24, 2.45) is 0 Å². The summed E-state index contributed by atoms with van der Waals surface area (Å²) in [7, 11) is -4.03. The first-order chi connectivity index (χ1) is 16.6. The number of hydrogen-bond donors (Lipinski definition) is 4. The molecular weight excluding hydrogens is 474 g/mol. The van der Waals surface area contributed by atoms with Gasteiger partial charge < -0.3 is 20.3 Å². The number of alkyl carbamates (subject to hydrolysis) is 1. The molecule has 1 amide bonds. The fraction of sp³-hybridized carbons (Fsp3) is 0.200. The summed E-state index contributed by atoms with van der Waals surface area (Å²) in [5, 5.41) is 19.9. The number of aliphatic hydroxyl groups is 1. The number of carbonyl (C=O) groups is 2. The maximum absolute atomic E-state index is 11.8. The lowest BCUT2D eigenvalue weighted by Crippen LogP contribution is -2.43. The standard InChI is InChI=1S/C18H17NO5.C7H8O3S/c20-9-16(17(21)22)19-18(23)24-10-15-13-7-3-1-5-11(13)12-6-2-4-8-14(12)15;1-6-3-2-4-7(5-6)11(8,9)10/h1-8,15-16,20H,9-10H2,(H,19,23)(H,21,22);2-5H,1H3,(H,8,9,10)/t16-;/m0./s1. The number of carboxylic acids is 1. The second-order valence-corrected chi connectivity index (χ2v) is 9.26. The third-order valence-corrected chi connectivity index (χ3v) is 6.25. The number of benzene rings is 3. The van der Waals surface area contributed by atoms with Gasteiger partial charge in [0.15, 0.2) is 6.04 Å². The van der Waals surface area contributed by atoms with Gasteiger partial charge in [-0.2, -0.15) is 8.42 Å². The Hall–Kier alpha value is -3.73. The molecule has 0 aromatic heterocycles. The quantitative estimate of drug-likeness (QED) is 0.378. The van der Waals surface area contributed by atoms with Gasteiger partial charge in [0.05, 0.1) is 11.5 Å². The van der Waals surface area contributed by atoms with Gasteiger partial charge in [0.1, 0.15) is 6.61 Å². The van der Waals surface area contributed by atoms with E-state index in [0.29, 0.717) is 0 Å². The molecule has 0 heterocycles. The number of fused-ring (bicyclic) bond motifs is 3. The Balaban J connectivity index is 0.000000261. The van der Waals surface area contributed by atoms with Gasteiger partial charge in [-0.1, -0.05) is 60.7 Å². The summed E-state index contributed by atoms with van der Waals surface area (Å²) >= 11 is 0. The van der Waals surface area contributed by atoms with Crippen molar-refractivity contribution in [1.82, 2.24) is 5.32 Å². The first-order valence-corrected chi connectivity index (χ1v) is 12.0. The van der Waals surface area contributed by atoms with E-state index in [1.807, 2.05) is 48.5 Å². The first-order valence-electron chi connectivity index (χ1n) is 10.6. The van der Waals surface area contributed by atoms with E-state index in [1.165, 1.54) is 12.1 Å². The highest BCUT2D eigenvalue weighted by Gasteiger charge is 2.29. The molecule has 0 spiro atoms. The second kappa shape index (κ2) is 11.1. The van der Waals surface area contributed by atoms with Crippen molar-refractivity contribution in [2.45, 2.75) is 23.8 Å². The molecule has 0 saturated carbocycles. The van der Waals surface area contributed by atoms with E-state index in [-0.39, 0.29) is 17.4 Å². The van der Waals surface area contributed by atoms with Crippen molar-refractivity contribution in [2.75, 3.05) is 13.2 Å². The SMILES string of the molecule is Cc1cccc(S(=O)(=O)O)c1.O=C(N[C@@H](CO)C(=O)O)OCC1c2ccccc2-c2ccccc21. The minimum absolute atomic E-state index is 0.0579. The van der Waals surface area contributed by atoms with Crippen LogP contribution in [0.15, 0.2) is 77.7 Å². The van der Waals surface area contributed by atoms with Crippen molar-refractivity contribution in [3.05, 3.63) is 89.5 Å². The minimum Gasteiger partial charge on any atom is -0.480 e. The molecule has 3 aromatic rings. The Labute approximate surface area is 202 Å². The average molecular weight is 500 g/mol. The van der Waals surface area contributed by atoms with Crippen LogP contribution >= 0.6 is 0 Å². The smallest absolute Gasteiger partial charge is 0.407 e. The van der Waals surface area contributed by atoms with Crippen LogP contribution in [-0.4, -0.2) is 54.5 Å².